The summed E-state index contributed by atoms with van der Waals surface area (Å²) in [5, 5.41) is 3.45. The van der Waals surface area contributed by atoms with E-state index >= 15 is 0 Å². The average Bonchev–Trinajstić information content (AvgIpc) is 2.63. The van der Waals surface area contributed by atoms with Gasteiger partial charge in [-0.1, -0.05) is 36.4 Å². The van der Waals surface area contributed by atoms with Crippen LogP contribution in [0, 0.1) is 0 Å². The molecule has 0 spiro atoms. The van der Waals surface area contributed by atoms with Gasteiger partial charge in [0, 0.05) is 17.9 Å². The predicted molar refractivity (Wildman–Crippen MR) is 106 cm³/mol. The molecule has 0 aliphatic carbocycles. The van der Waals surface area contributed by atoms with E-state index in [2.05, 4.69) is 78.9 Å². The van der Waals surface area contributed by atoms with Gasteiger partial charge in [-0.3, -0.25) is 0 Å². The Morgan fingerprint density at radius 1 is 0.800 bits per heavy atom. The molecule has 0 radical (unpaired) electrons. The molecule has 0 unspecified atom stereocenters. The van der Waals surface area contributed by atoms with Gasteiger partial charge >= 0.3 is 0 Å². The lowest BCUT2D eigenvalue weighted by Crippen LogP contribution is -2.10. The average molecular weight is 332 g/mol. The Balaban J connectivity index is 1.70. The summed E-state index contributed by atoms with van der Waals surface area (Å²) in [7, 11) is 5.85. The van der Waals surface area contributed by atoms with Crippen molar-refractivity contribution >= 4 is 11.4 Å². The summed E-state index contributed by atoms with van der Waals surface area (Å²) in [5.41, 5.74) is 5.80. The Bertz CT molecular complexity index is 808. The summed E-state index contributed by atoms with van der Waals surface area (Å²) in [5.74, 6) is 0.873. The lowest BCUT2D eigenvalue weighted by atomic mass is 10.1. The number of ether oxygens (including phenoxy) is 1. The van der Waals surface area contributed by atoms with Crippen molar-refractivity contribution in [1.29, 1.82) is 0 Å². The highest BCUT2D eigenvalue weighted by Gasteiger charge is 2.01. The van der Waals surface area contributed by atoms with Gasteiger partial charge in [0.05, 0.1) is 7.11 Å². The zero-order valence-corrected chi connectivity index (χ0v) is 15.0. The molecule has 0 heterocycles. The number of hydrogen-bond acceptors (Lipinski definition) is 3. The van der Waals surface area contributed by atoms with Crippen molar-refractivity contribution < 1.29 is 4.74 Å². The molecular formula is C22H24N2O. The zero-order chi connectivity index (χ0) is 17.6. The molecule has 0 saturated carbocycles. The van der Waals surface area contributed by atoms with Gasteiger partial charge in [-0.05, 0) is 67.2 Å². The molecule has 128 valence electrons. The molecule has 0 amide bonds. The quantitative estimate of drug-likeness (QED) is 0.674. The van der Waals surface area contributed by atoms with Crippen molar-refractivity contribution in [1.82, 2.24) is 4.90 Å². The highest BCUT2D eigenvalue weighted by Crippen LogP contribution is 2.26. The molecule has 25 heavy (non-hydrogen) atoms. The lowest BCUT2D eigenvalue weighted by molar-refractivity contribution is 0.402. The van der Waals surface area contributed by atoms with Crippen LogP contribution in [0.25, 0.3) is 11.1 Å². The molecule has 0 aliphatic rings. The fourth-order valence-corrected chi connectivity index (χ4v) is 2.77. The van der Waals surface area contributed by atoms with Crippen molar-refractivity contribution in [2.45, 2.75) is 6.54 Å². The second-order valence-electron chi connectivity index (χ2n) is 6.37. The Kier molecular flexibility index (Phi) is 5.36. The maximum atomic E-state index is 5.30. The molecule has 0 fully saturated rings. The number of nitrogens with zero attached hydrogens (tertiary/aromatic N) is 1. The summed E-state index contributed by atoms with van der Waals surface area (Å²) < 4.78 is 5.30. The van der Waals surface area contributed by atoms with Crippen LogP contribution in [0.4, 0.5) is 11.4 Å². The molecule has 3 aromatic rings. The Morgan fingerprint density at radius 3 is 2.04 bits per heavy atom. The van der Waals surface area contributed by atoms with Crippen LogP contribution in [0.2, 0.25) is 0 Å². The minimum absolute atomic E-state index is 0.873. The van der Waals surface area contributed by atoms with E-state index in [4.69, 9.17) is 4.74 Å². The second kappa shape index (κ2) is 7.86. The summed E-state index contributed by atoms with van der Waals surface area (Å²) in [6.07, 6.45) is 0. The molecular weight excluding hydrogens is 308 g/mol. The predicted octanol–water partition coefficient (Wildman–Crippen LogP) is 5.17. The fourth-order valence-electron chi connectivity index (χ4n) is 2.77. The minimum atomic E-state index is 0.873. The first-order valence-corrected chi connectivity index (χ1v) is 8.39. The molecule has 1 N–H and O–H groups in total. The topological polar surface area (TPSA) is 24.5 Å². The normalized spacial score (nSPS) is 10.7. The Hall–Kier alpha value is -2.78. The van der Waals surface area contributed by atoms with E-state index in [0.29, 0.717) is 0 Å². The first-order chi connectivity index (χ1) is 12.1. The van der Waals surface area contributed by atoms with Crippen molar-refractivity contribution in [2.75, 3.05) is 26.5 Å². The van der Waals surface area contributed by atoms with Gasteiger partial charge in [0.25, 0.3) is 0 Å². The highest BCUT2D eigenvalue weighted by atomic mass is 16.5. The fraction of sp³-hybridized carbons (Fsp3) is 0.182. The van der Waals surface area contributed by atoms with Gasteiger partial charge in [-0.25, -0.2) is 0 Å². The minimum Gasteiger partial charge on any atom is -0.497 e. The highest BCUT2D eigenvalue weighted by molar-refractivity contribution is 5.69. The maximum absolute atomic E-state index is 5.30. The Labute approximate surface area is 149 Å². The van der Waals surface area contributed by atoms with Crippen LogP contribution in [0.15, 0.2) is 72.8 Å². The first kappa shape index (κ1) is 17.1. The smallest absolute Gasteiger partial charge is 0.119 e. The van der Waals surface area contributed by atoms with Crippen LogP contribution in [-0.2, 0) is 6.54 Å². The molecule has 0 bridgehead atoms. The first-order valence-electron chi connectivity index (χ1n) is 8.39. The number of nitrogens with one attached hydrogen (secondary N) is 1. The molecule has 0 aliphatic heterocycles. The zero-order valence-electron chi connectivity index (χ0n) is 15.0. The van der Waals surface area contributed by atoms with E-state index in [1.165, 1.54) is 11.1 Å². The number of methoxy groups -OCH3 is 1. The SMILES string of the molecule is COc1cccc(-c2ccc(Nc3ccc(CN(C)C)cc3)cc2)c1. The van der Waals surface area contributed by atoms with Gasteiger partial charge in [-0.15, -0.1) is 0 Å². The largest absolute Gasteiger partial charge is 0.497 e. The summed E-state index contributed by atoms with van der Waals surface area (Å²) in [4.78, 5) is 2.17. The molecule has 0 atom stereocenters. The second-order valence-corrected chi connectivity index (χ2v) is 6.37. The van der Waals surface area contributed by atoms with E-state index in [1.807, 2.05) is 18.2 Å². The van der Waals surface area contributed by atoms with E-state index in [9.17, 15) is 0 Å². The number of benzene rings is 3. The van der Waals surface area contributed by atoms with Gasteiger partial charge in [0.15, 0.2) is 0 Å². The van der Waals surface area contributed by atoms with E-state index in [-0.39, 0.29) is 0 Å². The van der Waals surface area contributed by atoms with Crippen LogP contribution in [0.3, 0.4) is 0 Å². The van der Waals surface area contributed by atoms with E-state index in [0.717, 1.165) is 29.2 Å². The number of rotatable bonds is 6. The van der Waals surface area contributed by atoms with Crippen LogP contribution in [0.1, 0.15) is 5.56 Å². The number of anilines is 2. The third kappa shape index (κ3) is 4.61. The summed E-state index contributed by atoms with van der Waals surface area (Å²) >= 11 is 0. The number of hydrogen-bond donors (Lipinski definition) is 1. The monoisotopic (exact) mass is 332 g/mol. The third-order valence-corrected chi connectivity index (χ3v) is 4.03. The van der Waals surface area contributed by atoms with Crippen molar-refractivity contribution in [3.8, 4) is 16.9 Å². The summed E-state index contributed by atoms with van der Waals surface area (Å²) in [6, 6.07) is 25.1. The van der Waals surface area contributed by atoms with E-state index < -0.39 is 0 Å². The lowest BCUT2D eigenvalue weighted by Gasteiger charge is -2.11. The standard InChI is InChI=1S/C22H24N2O/c1-24(2)16-17-7-11-20(12-8-17)23-21-13-9-18(10-14-21)19-5-4-6-22(15-19)25-3/h4-15,23H,16H2,1-3H3. The van der Waals surface area contributed by atoms with E-state index in [1.54, 1.807) is 7.11 Å². The van der Waals surface area contributed by atoms with Gasteiger partial charge < -0.3 is 15.0 Å². The van der Waals surface area contributed by atoms with Gasteiger partial charge in [0.1, 0.15) is 5.75 Å². The van der Waals surface area contributed by atoms with Gasteiger partial charge in [0.2, 0.25) is 0 Å². The van der Waals surface area contributed by atoms with Crippen LogP contribution in [0.5, 0.6) is 5.75 Å². The van der Waals surface area contributed by atoms with Crippen molar-refractivity contribution in [2.24, 2.45) is 0 Å². The van der Waals surface area contributed by atoms with Crippen LogP contribution in [-0.4, -0.2) is 26.1 Å². The molecule has 3 rings (SSSR count). The Morgan fingerprint density at radius 2 is 1.44 bits per heavy atom. The van der Waals surface area contributed by atoms with Crippen molar-refractivity contribution in [3.63, 3.8) is 0 Å². The molecule has 0 aromatic heterocycles. The van der Waals surface area contributed by atoms with Crippen LogP contribution >= 0.6 is 0 Å². The van der Waals surface area contributed by atoms with Crippen molar-refractivity contribution in [3.05, 3.63) is 78.4 Å². The van der Waals surface area contributed by atoms with Gasteiger partial charge in [-0.2, -0.15) is 0 Å². The molecule has 3 heteroatoms. The molecule has 3 aromatic carbocycles. The maximum Gasteiger partial charge on any atom is 0.119 e. The van der Waals surface area contributed by atoms with Crippen LogP contribution < -0.4 is 10.1 Å². The third-order valence-electron chi connectivity index (χ3n) is 4.03. The molecule has 0 saturated heterocycles. The molecule has 3 nitrogen and oxygen atoms in total. The summed E-state index contributed by atoms with van der Waals surface area (Å²) in [6.45, 7) is 0.954.